The lowest BCUT2D eigenvalue weighted by Gasteiger charge is -2.04. The minimum Gasteiger partial charge on any atom is -0.392 e. The van der Waals surface area contributed by atoms with Crippen LogP contribution in [0.1, 0.15) is 24.5 Å². The molecule has 0 radical (unpaired) electrons. The Morgan fingerprint density at radius 1 is 1.31 bits per heavy atom. The predicted octanol–water partition coefficient (Wildman–Crippen LogP) is 2.78. The molecule has 0 aliphatic carbocycles. The average Bonchev–Trinajstić information content (AvgIpc) is 2.16. The monoisotopic (exact) mass is 176 g/mol. The van der Waals surface area contributed by atoms with Crippen LogP contribution in [-0.4, -0.2) is 11.7 Å². The van der Waals surface area contributed by atoms with E-state index in [0.717, 1.165) is 6.42 Å². The Hall–Kier alpha value is -1.08. The van der Waals surface area contributed by atoms with Gasteiger partial charge in [0.15, 0.2) is 0 Å². The normalized spacial score (nSPS) is 11.8. The third kappa shape index (κ3) is 2.71. The molecule has 13 heavy (non-hydrogen) atoms. The average molecular weight is 176 g/mol. The molecule has 1 nitrogen and oxygen atoms in total. The highest BCUT2D eigenvalue weighted by atomic mass is 16.2. The number of hydrogen-bond acceptors (Lipinski definition) is 1. The first-order valence-electron chi connectivity index (χ1n) is 4.65. The van der Waals surface area contributed by atoms with E-state index in [4.69, 9.17) is 5.11 Å². The van der Waals surface area contributed by atoms with E-state index in [0.29, 0.717) is 0 Å². The second-order valence-corrected chi connectivity index (χ2v) is 3.13. The molecule has 0 unspecified atom stereocenters. The van der Waals surface area contributed by atoms with Gasteiger partial charge < -0.3 is 5.11 Å². The van der Waals surface area contributed by atoms with E-state index in [-0.39, 0.29) is 6.61 Å². The van der Waals surface area contributed by atoms with E-state index in [1.807, 2.05) is 6.08 Å². The third-order valence-corrected chi connectivity index (χ3v) is 2.14. The van der Waals surface area contributed by atoms with Crippen molar-refractivity contribution in [1.82, 2.24) is 0 Å². The molecule has 70 valence electrons. The summed E-state index contributed by atoms with van der Waals surface area (Å²) in [6.45, 7) is 4.30. The highest BCUT2D eigenvalue weighted by Gasteiger charge is 1.97. The first kappa shape index (κ1) is 10.0. The van der Waals surface area contributed by atoms with Crippen LogP contribution in [-0.2, 0) is 0 Å². The molecule has 0 heterocycles. The standard InChI is InChI=1S/C12H16O/c1-3-11(8-9-13)12-6-4-10(2)5-7-12/h4-8,13H,3,9H2,1-2H3/b11-8+. The maximum absolute atomic E-state index is 8.81. The van der Waals surface area contributed by atoms with Crippen LogP contribution in [0.2, 0.25) is 0 Å². The van der Waals surface area contributed by atoms with Gasteiger partial charge in [-0.25, -0.2) is 0 Å². The van der Waals surface area contributed by atoms with E-state index in [9.17, 15) is 0 Å². The van der Waals surface area contributed by atoms with Crippen molar-refractivity contribution in [2.75, 3.05) is 6.61 Å². The van der Waals surface area contributed by atoms with Gasteiger partial charge >= 0.3 is 0 Å². The van der Waals surface area contributed by atoms with Crippen molar-refractivity contribution >= 4 is 5.57 Å². The minimum atomic E-state index is 0.122. The van der Waals surface area contributed by atoms with Crippen molar-refractivity contribution in [3.05, 3.63) is 41.5 Å². The molecule has 1 rings (SSSR count). The minimum absolute atomic E-state index is 0.122. The fourth-order valence-electron chi connectivity index (χ4n) is 1.34. The van der Waals surface area contributed by atoms with Gasteiger partial charge in [-0.15, -0.1) is 0 Å². The Labute approximate surface area is 79.7 Å². The molecule has 0 aliphatic heterocycles. The number of benzene rings is 1. The van der Waals surface area contributed by atoms with E-state index in [1.54, 1.807) is 0 Å². The topological polar surface area (TPSA) is 20.2 Å². The maximum Gasteiger partial charge on any atom is 0.0618 e. The summed E-state index contributed by atoms with van der Waals surface area (Å²) in [6, 6.07) is 8.38. The number of hydrogen-bond donors (Lipinski definition) is 1. The lowest BCUT2D eigenvalue weighted by molar-refractivity contribution is 0.343. The highest BCUT2D eigenvalue weighted by molar-refractivity contribution is 5.65. The zero-order valence-electron chi connectivity index (χ0n) is 8.25. The highest BCUT2D eigenvalue weighted by Crippen LogP contribution is 2.17. The largest absolute Gasteiger partial charge is 0.392 e. The molecule has 0 aromatic heterocycles. The van der Waals surface area contributed by atoms with Crippen LogP contribution in [0.5, 0.6) is 0 Å². The third-order valence-electron chi connectivity index (χ3n) is 2.14. The molecule has 0 aliphatic rings. The predicted molar refractivity (Wildman–Crippen MR) is 56.5 cm³/mol. The molecular weight excluding hydrogens is 160 g/mol. The SMILES string of the molecule is CC/C(=C\CO)c1ccc(C)cc1. The molecule has 0 atom stereocenters. The van der Waals surface area contributed by atoms with Gasteiger partial charge in [0.2, 0.25) is 0 Å². The molecule has 0 amide bonds. The fourth-order valence-corrected chi connectivity index (χ4v) is 1.34. The maximum atomic E-state index is 8.81. The van der Waals surface area contributed by atoms with Crippen LogP contribution in [0, 0.1) is 6.92 Å². The lowest BCUT2D eigenvalue weighted by atomic mass is 10.0. The zero-order valence-corrected chi connectivity index (χ0v) is 8.25. The van der Waals surface area contributed by atoms with Gasteiger partial charge in [-0.2, -0.15) is 0 Å². The second kappa shape index (κ2) is 4.83. The molecule has 1 N–H and O–H groups in total. The Kier molecular flexibility index (Phi) is 3.71. The van der Waals surface area contributed by atoms with Crippen LogP contribution < -0.4 is 0 Å². The Bertz CT molecular complexity index is 282. The molecule has 0 fully saturated rings. The van der Waals surface area contributed by atoms with Gasteiger partial charge in [-0.1, -0.05) is 42.8 Å². The van der Waals surface area contributed by atoms with Gasteiger partial charge in [-0.05, 0) is 24.5 Å². The summed E-state index contributed by atoms with van der Waals surface area (Å²) < 4.78 is 0. The van der Waals surface area contributed by atoms with Crippen molar-refractivity contribution < 1.29 is 5.11 Å². The van der Waals surface area contributed by atoms with E-state index in [1.165, 1.54) is 16.7 Å². The van der Waals surface area contributed by atoms with E-state index in [2.05, 4.69) is 38.1 Å². The summed E-state index contributed by atoms with van der Waals surface area (Å²) in [6.07, 6.45) is 2.83. The summed E-state index contributed by atoms with van der Waals surface area (Å²) in [7, 11) is 0. The number of aliphatic hydroxyl groups excluding tert-OH is 1. The van der Waals surface area contributed by atoms with Crippen LogP contribution in [0.25, 0.3) is 5.57 Å². The Balaban J connectivity index is 2.92. The molecule has 1 heteroatoms. The van der Waals surface area contributed by atoms with Crippen molar-refractivity contribution in [3.8, 4) is 0 Å². The summed E-state index contributed by atoms with van der Waals surface area (Å²) in [5.74, 6) is 0. The van der Waals surface area contributed by atoms with Crippen LogP contribution in [0.4, 0.5) is 0 Å². The quantitative estimate of drug-likeness (QED) is 0.750. The van der Waals surface area contributed by atoms with Crippen molar-refractivity contribution in [1.29, 1.82) is 0 Å². The van der Waals surface area contributed by atoms with Crippen molar-refractivity contribution in [2.45, 2.75) is 20.3 Å². The Morgan fingerprint density at radius 3 is 2.38 bits per heavy atom. The molecule has 0 saturated heterocycles. The fraction of sp³-hybridized carbons (Fsp3) is 0.333. The molecule has 0 saturated carbocycles. The van der Waals surface area contributed by atoms with Gasteiger partial charge in [-0.3, -0.25) is 0 Å². The van der Waals surface area contributed by atoms with Crippen LogP contribution in [0.15, 0.2) is 30.3 Å². The molecule has 1 aromatic carbocycles. The zero-order chi connectivity index (χ0) is 9.68. The van der Waals surface area contributed by atoms with E-state index >= 15 is 0 Å². The molecular formula is C12H16O. The number of aliphatic hydroxyl groups is 1. The van der Waals surface area contributed by atoms with Crippen molar-refractivity contribution in [3.63, 3.8) is 0 Å². The van der Waals surface area contributed by atoms with Crippen LogP contribution in [0.3, 0.4) is 0 Å². The van der Waals surface area contributed by atoms with Gasteiger partial charge in [0, 0.05) is 0 Å². The lowest BCUT2D eigenvalue weighted by Crippen LogP contribution is -1.85. The van der Waals surface area contributed by atoms with Crippen LogP contribution >= 0.6 is 0 Å². The van der Waals surface area contributed by atoms with E-state index < -0.39 is 0 Å². The first-order chi connectivity index (χ1) is 6.27. The van der Waals surface area contributed by atoms with Gasteiger partial charge in [0.25, 0.3) is 0 Å². The summed E-state index contributed by atoms with van der Waals surface area (Å²) >= 11 is 0. The molecule has 0 spiro atoms. The summed E-state index contributed by atoms with van der Waals surface area (Å²) in [4.78, 5) is 0. The first-order valence-corrected chi connectivity index (χ1v) is 4.65. The summed E-state index contributed by atoms with van der Waals surface area (Å²) in [5.41, 5.74) is 3.69. The smallest absolute Gasteiger partial charge is 0.0618 e. The van der Waals surface area contributed by atoms with Gasteiger partial charge in [0.05, 0.1) is 6.61 Å². The molecule has 0 bridgehead atoms. The number of aryl methyl sites for hydroxylation is 1. The molecule has 1 aromatic rings. The number of allylic oxidation sites excluding steroid dienone is 1. The van der Waals surface area contributed by atoms with Gasteiger partial charge in [0.1, 0.15) is 0 Å². The Morgan fingerprint density at radius 2 is 1.92 bits per heavy atom. The summed E-state index contributed by atoms with van der Waals surface area (Å²) in [5, 5.41) is 8.81. The van der Waals surface area contributed by atoms with Crippen molar-refractivity contribution in [2.24, 2.45) is 0 Å². The second-order valence-electron chi connectivity index (χ2n) is 3.13. The number of rotatable bonds is 3.